The first-order valence-corrected chi connectivity index (χ1v) is 11.9. The van der Waals surface area contributed by atoms with Gasteiger partial charge in [-0.15, -0.1) is 0 Å². The van der Waals surface area contributed by atoms with Gasteiger partial charge in [-0.2, -0.15) is 5.10 Å². The summed E-state index contributed by atoms with van der Waals surface area (Å²) in [6.07, 6.45) is 5.67. The lowest BCUT2D eigenvalue weighted by Gasteiger charge is -2.17. The number of rotatable bonds is 6. The second-order valence-electron chi connectivity index (χ2n) is 8.54. The number of hydrogen-bond acceptors (Lipinski definition) is 6. The Labute approximate surface area is 218 Å². The molecule has 1 N–H and O–H groups in total. The van der Waals surface area contributed by atoms with E-state index in [0.29, 0.717) is 34.4 Å². The van der Waals surface area contributed by atoms with Crippen molar-refractivity contribution in [3.63, 3.8) is 0 Å². The van der Waals surface area contributed by atoms with Crippen molar-refractivity contribution >= 4 is 11.6 Å². The Balaban J connectivity index is 0.00000186. The molecule has 37 heavy (non-hydrogen) atoms. The van der Waals surface area contributed by atoms with Crippen molar-refractivity contribution in [2.24, 2.45) is 0 Å². The highest BCUT2D eigenvalue weighted by Crippen LogP contribution is 2.26. The van der Waals surface area contributed by atoms with Crippen molar-refractivity contribution in [1.29, 1.82) is 0 Å². The van der Waals surface area contributed by atoms with Crippen LogP contribution >= 0.6 is 11.6 Å². The van der Waals surface area contributed by atoms with Crippen molar-refractivity contribution in [3.8, 4) is 17.3 Å². The van der Waals surface area contributed by atoms with Crippen LogP contribution in [0.4, 0.5) is 8.78 Å². The third kappa shape index (κ3) is 6.03. The molecule has 11 heteroatoms. The molecular formula is C26H28ClF2N5O3. The topological polar surface area (TPSA) is 95.1 Å². The van der Waals surface area contributed by atoms with Crippen LogP contribution in [0.5, 0.6) is 5.75 Å². The molecule has 0 aromatic carbocycles. The maximum Gasteiger partial charge on any atom is 0.277 e. The highest BCUT2D eigenvalue weighted by atomic mass is 35.5. The molecule has 0 bridgehead atoms. The number of aromatic nitrogens is 5. The zero-order chi connectivity index (χ0) is 27.5. The van der Waals surface area contributed by atoms with E-state index in [9.17, 15) is 18.7 Å². The Morgan fingerprint density at radius 1 is 1.08 bits per heavy atom. The Morgan fingerprint density at radius 2 is 1.78 bits per heavy atom. The van der Waals surface area contributed by atoms with Gasteiger partial charge in [-0.3, -0.25) is 14.3 Å². The molecule has 4 aromatic rings. The number of hydrogen-bond donors (Lipinski definition) is 1. The second kappa shape index (κ2) is 11.2. The van der Waals surface area contributed by atoms with E-state index in [1.807, 2.05) is 13.8 Å². The van der Waals surface area contributed by atoms with Crippen molar-refractivity contribution in [1.82, 2.24) is 24.3 Å². The summed E-state index contributed by atoms with van der Waals surface area (Å²) in [6, 6.07) is 3.93. The van der Waals surface area contributed by atoms with Crippen LogP contribution in [0.1, 0.15) is 50.2 Å². The number of aryl methyl sites for hydroxylation is 2. The van der Waals surface area contributed by atoms with Gasteiger partial charge in [0.05, 0.1) is 23.7 Å². The third-order valence-corrected chi connectivity index (χ3v) is 5.72. The van der Waals surface area contributed by atoms with Crippen molar-refractivity contribution in [2.75, 3.05) is 0 Å². The van der Waals surface area contributed by atoms with Gasteiger partial charge in [-0.25, -0.2) is 18.4 Å². The van der Waals surface area contributed by atoms with Gasteiger partial charge < -0.3 is 9.84 Å². The van der Waals surface area contributed by atoms with E-state index in [1.165, 1.54) is 9.25 Å². The minimum Gasteiger partial charge on any atom is -0.485 e. The second-order valence-corrected chi connectivity index (χ2v) is 8.91. The van der Waals surface area contributed by atoms with E-state index < -0.39 is 22.8 Å². The van der Waals surface area contributed by atoms with Crippen LogP contribution in [0.15, 0.2) is 47.8 Å². The maximum absolute atomic E-state index is 13.9. The molecule has 0 amide bonds. The summed E-state index contributed by atoms with van der Waals surface area (Å²) in [4.78, 5) is 21.3. The van der Waals surface area contributed by atoms with E-state index in [-0.39, 0.29) is 23.1 Å². The van der Waals surface area contributed by atoms with Gasteiger partial charge in [0, 0.05) is 41.9 Å². The Bertz CT molecular complexity index is 1480. The number of nitrogens with zero attached hydrogens (tertiary/aromatic N) is 5. The average Bonchev–Trinajstić information content (AvgIpc) is 3.35. The van der Waals surface area contributed by atoms with E-state index in [1.54, 1.807) is 58.4 Å². The van der Waals surface area contributed by atoms with Gasteiger partial charge in [-0.05, 0) is 33.3 Å². The number of ether oxygens (including phenoxy) is 1. The van der Waals surface area contributed by atoms with Gasteiger partial charge in [0.25, 0.3) is 5.56 Å². The molecule has 0 aliphatic carbocycles. The molecule has 0 saturated carbocycles. The molecule has 0 aliphatic rings. The van der Waals surface area contributed by atoms with Gasteiger partial charge >= 0.3 is 0 Å². The zero-order valence-corrected chi connectivity index (χ0v) is 22.1. The fourth-order valence-electron chi connectivity index (χ4n) is 3.41. The number of pyridine rings is 3. The minimum atomic E-state index is -1.07. The fourth-order valence-corrected chi connectivity index (χ4v) is 3.61. The fraction of sp³-hybridized carbons (Fsp3) is 0.308. The SMILES string of the molecule is CC.Cc1cnc(-n2cc(C(C)(C)O)cn2)cc1-n1c(C)cc(OCc2ncc(F)cc2F)c(Cl)c1=O. The summed E-state index contributed by atoms with van der Waals surface area (Å²) in [5.41, 5.74) is 0.588. The van der Waals surface area contributed by atoms with E-state index >= 15 is 0 Å². The molecule has 8 nitrogen and oxygen atoms in total. The summed E-state index contributed by atoms with van der Waals surface area (Å²) in [7, 11) is 0. The normalized spacial score (nSPS) is 11.2. The molecule has 0 spiro atoms. The Hall–Kier alpha value is -3.63. The lowest BCUT2D eigenvalue weighted by Crippen LogP contribution is -2.23. The van der Waals surface area contributed by atoms with E-state index in [0.717, 1.165) is 6.20 Å². The lowest BCUT2D eigenvalue weighted by atomic mass is 10.0. The molecule has 0 fully saturated rings. The van der Waals surface area contributed by atoms with Gasteiger partial charge in [-0.1, -0.05) is 25.4 Å². The van der Waals surface area contributed by atoms with Crippen LogP contribution in [0, 0.1) is 25.5 Å². The van der Waals surface area contributed by atoms with Crippen LogP contribution in [-0.4, -0.2) is 29.4 Å². The first kappa shape index (κ1) is 27.9. The summed E-state index contributed by atoms with van der Waals surface area (Å²) in [6.45, 7) is 10.5. The highest BCUT2D eigenvalue weighted by Gasteiger charge is 2.20. The molecule has 0 atom stereocenters. The summed E-state index contributed by atoms with van der Waals surface area (Å²) >= 11 is 6.32. The first-order valence-electron chi connectivity index (χ1n) is 11.6. The molecular weight excluding hydrogens is 504 g/mol. The van der Waals surface area contributed by atoms with Crippen molar-refractivity contribution in [3.05, 3.63) is 92.5 Å². The predicted molar refractivity (Wildman–Crippen MR) is 137 cm³/mol. The molecule has 0 radical (unpaired) electrons. The van der Waals surface area contributed by atoms with Crippen LogP contribution in [0.2, 0.25) is 5.02 Å². The third-order valence-electron chi connectivity index (χ3n) is 5.37. The minimum absolute atomic E-state index is 0.0461. The highest BCUT2D eigenvalue weighted by molar-refractivity contribution is 6.31. The van der Waals surface area contributed by atoms with Crippen LogP contribution in [0.3, 0.4) is 0 Å². The van der Waals surface area contributed by atoms with Crippen LogP contribution < -0.4 is 10.3 Å². The summed E-state index contributed by atoms with van der Waals surface area (Å²) in [5, 5.41) is 14.3. The first-order chi connectivity index (χ1) is 17.5. The molecule has 0 aliphatic heterocycles. The molecule has 0 unspecified atom stereocenters. The summed E-state index contributed by atoms with van der Waals surface area (Å²) < 4.78 is 35.4. The van der Waals surface area contributed by atoms with Crippen LogP contribution in [-0.2, 0) is 12.2 Å². The van der Waals surface area contributed by atoms with E-state index in [4.69, 9.17) is 16.3 Å². The zero-order valence-electron chi connectivity index (χ0n) is 21.4. The molecule has 4 aromatic heterocycles. The van der Waals surface area contributed by atoms with Crippen molar-refractivity contribution < 1.29 is 18.6 Å². The Kier molecular flexibility index (Phi) is 8.45. The molecule has 4 rings (SSSR count). The summed E-state index contributed by atoms with van der Waals surface area (Å²) in [5.74, 6) is -1.19. The number of halogens is 3. The lowest BCUT2D eigenvalue weighted by molar-refractivity contribution is 0.0786. The maximum atomic E-state index is 13.9. The van der Waals surface area contributed by atoms with Gasteiger partial charge in [0.2, 0.25) is 0 Å². The average molecular weight is 532 g/mol. The smallest absolute Gasteiger partial charge is 0.277 e. The van der Waals surface area contributed by atoms with Crippen molar-refractivity contribution in [2.45, 2.75) is 53.8 Å². The van der Waals surface area contributed by atoms with E-state index in [2.05, 4.69) is 15.1 Å². The molecule has 196 valence electrons. The predicted octanol–water partition coefficient (Wildman–Crippen LogP) is 5.19. The molecule has 4 heterocycles. The Morgan fingerprint density at radius 3 is 2.41 bits per heavy atom. The van der Waals surface area contributed by atoms with Crippen LogP contribution in [0.25, 0.3) is 11.5 Å². The van der Waals surface area contributed by atoms with Gasteiger partial charge in [0.1, 0.15) is 28.9 Å². The largest absolute Gasteiger partial charge is 0.485 e. The number of aliphatic hydroxyl groups is 1. The monoisotopic (exact) mass is 531 g/mol. The molecule has 0 saturated heterocycles. The standard InChI is InChI=1S/C24H22ClF2N5O3.C2H6/c1-13-8-29-21(31-11-15(9-30-31)24(3,4)34)7-19(13)32-14(2)5-20(22(25)23(32)33)35-12-18-17(27)6-16(26)10-28-18;1-2/h5-11,34H,12H2,1-4H3;1-2H3. The van der Waals surface area contributed by atoms with Gasteiger partial charge in [0.15, 0.2) is 11.6 Å². The quantitative estimate of drug-likeness (QED) is 0.368.